The van der Waals surface area contributed by atoms with Gasteiger partial charge in [0.15, 0.2) is 0 Å². The van der Waals surface area contributed by atoms with Crippen LogP contribution in [-0.2, 0) is 12.6 Å². The zero-order chi connectivity index (χ0) is 11.3. The van der Waals surface area contributed by atoms with Gasteiger partial charge in [-0.2, -0.15) is 13.2 Å². The highest BCUT2D eigenvalue weighted by molar-refractivity contribution is 5.25. The fraction of sp³-hybridized carbons (Fsp3) is 0.417. The Labute approximate surface area is 88.1 Å². The van der Waals surface area contributed by atoms with Crippen molar-refractivity contribution in [3.05, 3.63) is 42.3 Å². The number of hydrogen-bond donors (Lipinski definition) is 0. The van der Waals surface area contributed by atoms with Gasteiger partial charge in [0.25, 0.3) is 0 Å². The lowest BCUT2D eigenvalue weighted by Crippen LogP contribution is -2.05. The first-order chi connectivity index (χ1) is 7.04. The van der Waals surface area contributed by atoms with E-state index in [0.717, 1.165) is 30.9 Å². The molecule has 0 aliphatic heterocycles. The first kappa shape index (κ1) is 12.1. The normalized spacial score (nSPS) is 11.7. The molecule has 0 saturated carbocycles. The molecule has 0 saturated heterocycles. The highest BCUT2D eigenvalue weighted by Crippen LogP contribution is 2.29. The van der Waals surface area contributed by atoms with Crippen LogP contribution in [0.25, 0.3) is 0 Å². The van der Waals surface area contributed by atoms with E-state index in [2.05, 4.69) is 6.92 Å². The number of halogens is 3. The van der Waals surface area contributed by atoms with E-state index in [0.29, 0.717) is 6.42 Å². The summed E-state index contributed by atoms with van der Waals surface area (Å²) in [7, 11) is 0. The largest absolute Gasteiger partial charge is 0.416 e. The molecule has 0 unspecified atom stereocenters. The van der Waals surface area contributed by atoms with Crippen molar-refractivity contribution in [2.24, 2.45) is 0 Å². The maximum absolute atomic E-state index is 12.3. The Balaban J connectivity index is 2.66. The zero-order valence-electron chi connectivity index (χ0n) is 8.48. The molecule has 1 radical (unpaired) electrons. The highest BCUT2D eigenvalue weighted by atomic mass is 19.4. The average molecular weight is 215 g/mol. The second-order valence-corrected chi connectivity index (χ2v) is 3.51. The molecule has 0 spiro atoms. The quantitative estimate of drug-likeness (QED) is 0.658. The van der Waals surface area contributed by atoms with Crippen molar-refractivity contribution in [1.82, 2.24) is 0 Å². The van der Waals surface area contributed by atoms with Crippen LogP contribution in [0.4, 0.5) is 13.2 Å². The molecule has 0 aliphatic rings. The topological polar surface area (TPSA) is 0 Å². The molecule has 83 valence electrons. The Morgan fingerprint density at radius 3 is 2.47 bits per heavy atom. The smallest absolute Gasteiger partial charge is 0.166 e. The molecule has 0 atom stereocenters. The van der Waals surface area contributed by atoms with Gasteiger partial charge in [-0.25, -0.2) is 0 Å². The lowest BCUT2D eigenvalue weighted by molar-refractivity contribution is -0.137. The zero-order valence-corrected chi connectivity index (χ0v) is 8.48. The van der Waals surface area contributed by atoms with Gasteiger partial charge in [-0.05, 0) is 24.5 Å². The van der Waals surface area contributed by atoms with Crippen molar-refractivity contribution in [2.45, 2.75) is 31.9 Å². The molecule has 0 aliphatic carbocycles. The van der Waals surface area contributed by atoms with Gasteiger partial charge in [0.05, 0.1) is 5.56 Å². The number of unbranched alkanes of at least 4 members (excludes halogenated alkanes) is 2. The molecule has 1 aromatic carbocycles. The summed E-state index contributed by atoms with van der Waals surface area (Å²) >= 11 is 0. The van der Waals surface area contributed by atoms with Crippen molar-refractivity contribution in [3.8, 4) is 0 Å². The van der Waals surface area contributed by atoms with Gasteiger partial charge in [-0.1, -0.05) is 38.0 Å². The van der Waals surface area contributed by atoms with Crippen LogP contribution in [0.15, 0.2) is 24.3 Å². The van der Waals surface area contributed by atoms with E-state index in [1.165, 1.54) is 12.1 Å². The van der Waals surface area contributed by atoms with Crippen LogP contribution in [0.2, 0.25) is 0 Å². The minimum Gasteiger partial charge on any atom is -0.166 e. The summed E-state index contributed by atoms with van der Waals surface area (Å²) in [6, 6.07) is 5.52. The van der Waals surface area contributed by atoms with Crippen molar-refractivity contribution in [3.63, 3.8) is 0 Å². The van der Waals surface area contributed by atoms with Gasteiger partial charge in [0.2, 0.25) is 0 Å². The van der Waals surface area contributed by atoms with E-state index < -0.39 is 11.7 Å². The summed E-state index contributed by atoms with van der Waals surface area (Å²) in [5, 5.41) is 0. The van der Waals surface area contributed by atoms with Crippen LogP contribution >= 0.6 is 0 Å². The number of benzene rings is 1. The summed E-state index contributed by atoms with van der Waals surface area (Å²) in [4.78, 5) is 0. The van der Waals surface area contributed by atoms with E-state index in [1.54, 1.807) is 6.07 Å². The van der Waals surface area contributed by atoms with Crippen LogP contribution in [-0.4, -0.2) is 0 Å². The van der Waals surface area contributed by atoms with Gasteiger partial charge >= 0.3 is 6.18 Å². The fourth-order valence-electron chi connectivity index (χ4n) is 1.41. The number of alkyl halides is 3. The SMILES string of the molecule is [CH2]CCCCc1cccc(C(F)(F)F)c1. The Morgan fingerprint density at radius 2 is 1.87 bits per heavy atom. The molecule has 0 aromatic heterocycles. The lowest BCUT2D eigenvalue weighted by atomic mass is 10.0. The van der Waals surface area contributed by atoms with Crippen molar-refractivity contribution < 1.29 is 13.2 Å². The van der Waals surface area contributed by atoms with Gasteiger partial charge < -0.3 is 0 Å². The maximum Gasteiger partial charge on any atom is 0.416 e. The summed E-state index contributed by atoms with van der Waals surface area (Å²) in [6.45, 7) is 3.69. The standard InChI is InChI=1S/C12H14F3/c1-2-3-4-6-10-7-5-8-11(9-10)12(13,14)15/h5,7-9H,1-4,6H2. The molecule has 0 nitrogen and oxygen atoms in total. The van der Waals surface area contributed by atoms with Crippen LogP contribution < -0.4 is 0 Å². The third kappa shape index (κ3) is 3.94. The Morgan fingerprint density at radius 1 is 1.13 bits per heavy atom. The molecular weight excluding hydrogens is 201 g/mol. The van der Waals surface area contributed by atoms with Gasteiger partial charge in [0.1, 0.15) is 0 Å². The molecule has 0 amide bonds. The average Bonchev–Trinajstić information content (AvgIpc) is 2.17. The van der Waals surface area contributed by atoms with E-state index in [-0.39, 0.29) is 0 Å². The first-order valence-electron chi connectivity index (χ1n) is 4.99. The van der Waals surface area contributed by atoms with Crippen LogP contribution in [0.1, 0.15) is 30.4 Å². The molecule has 1 aromatic rings. The minimum absolute atomic E-state index is 0.561. The second kappa shape index (κ2) is 5.19. The monoisotopic (exact) mass is 215 g/mol. The first-order valence-corrected chi connectivity index (χ1v) is 4.99. The third-order valence-electron chi connectivity index (χ3n) is 2.22. The van der Waals surface area contributed by atoms with Gasteiger partial charge in [-0.3, -0.25) is 0 Å². The van der Waals surface area contributed by atoms with Crippen molar-refractivity contribution >= 4 is 0 Å². The number of aryl methyl sites for hydroxylation is 1. The van der Waals surface area contributed by atoms with E-state index in [9.17, 15) is 13.2 Å². The molecular formula is C12H14F3. The number of rotatable bonds is 4. The van der Waals surface area contributed by atoms with Crippen molar-refractivity contribution in [2.75, 3.05) is 0 Å². The van der Waals surface area contributed by atoms with E-state index in [1.807, 2.05) is 0 Å². The van der Waals surface area contributed by atoms with Crippen LogP contribution in [0.5, 0.6) is 0 Å². The molecule has 0 fully saturated rings. The Hall–Kier alpha value is -0.990. The molecule has 0 heterocycles. The lowest BCUT2D eigenvalue weighted by Gasteiger charge is -2.08. The number of hydrogen-bond acceptors (Lipinski definition) is 0. The minimum atomic E-state index is -4.23. The van der Waals surface area contributed by atoms with E-state index >= 15 is 0 Å². The van der Waals surface area contributed by atoms with Crippen LogP contribution in [0, 0.1) is 6.92 Å². The molecule has 3 heteroatoms. The summed E-state index contributed by atoms with van der Waals surface area (Å²) in [5.41, 5.74) is 0.188. The maximum atomic E-state index is 12.3. The third-order valence-corrected chi connectivity index (χ3v) is 2.22. The fourth-order valence-corrected chi connectivity index (χ4v) is 1.41. The Bertz CT molecular complexity index is 302. The molecule has 15 heavy (non-hydrogen) atoms. The van der Waals surface area contributed by atoms with Gasteiger partial charge in [-0.15, -0.1) is 0 Å². The highest BCUT2D eigenvalue weighted by Gasteiger charge is 2.30. The van der Waals surface area contributed by atoms with Crippen LogP contribution in [0.3, 0.4) is 0 Å². The second-order valence-electron chi connectivity index (χ2n) is 3.51. The predicted molar refractivity (Wildman–Crippen MR) is 54.4 cm³/mol. The summed E-state index contributed by atoms with van der Waals surface area (Å²) in [5.74, 6) is 0. The summed E-state index contributed by atoms with van der Waals surface area (Å²) < 4.78 is 37.0. The summed E-state index contributed by atoms with van der Waals surface area (Å²) in [6.07, 6.45) is -0.859. The van der Waals surface area contributed by atoms with Gasteiger partial charge in [0, 0.05) is 0 Å². The molecule has 0 bridgehead atoms. The van der Waals surface area contributed by atoms with E-state index in [4.69, 9.17) is 0 Å². The molecule has 1 rings (SSSR count). The molecule has 0 N–H and O–H groups in total. The van der Waals surface area contributed by atoms with Crippen molar-refractivity contribution in [1.29, 1.82) is 0 Å². The predicted octanol–water partition coefficient (Wildman–Crippen LogP) is 4.25. The Kier molecular flexibility index (Phi) is 4.18.